The molecule has 0 aliphatic rings. The molecule has 0 fully saturated rings. The average molecular weight is 342 g/mol. The summed E-state index contributed by atoms with van der Waals surface area (Å²) >= 11 is 0. The van der Waals surface area contributed by atoms with E-state index in [4.69, 9.17) is 5.73 Å². The number of aromatic nitrogens is 3. The van der Waals surface area contributed by atoms with Crippen LogP contribution in [-0.2, 0) is 12.8 Å². The first kappa shape index (κ1) is 16.8. The summed E-state index contributed by atoms with van der Waals surface area (Å²) in [6, 6.07) is 10.4. The van der Waals surface area contributed by atoms with Crippen molar-refractivity contribution in [1.29, 1.82) is 0 Å². The quantitative estimate of drug-likeness (QED) is 0.722. The summed E-state index contributed by atoms with van der Waals surface area (Å²) in [4.78, 5) is 15.6. The number of rotatable bonds is 6. The second-order valence-corrected chi connectivity index (χ2v) is 5.60. The molecule has 0 unspecified atom stereocenters. The number of nitrogens with zero attached hydrogens (tertiary/aromatic N) is 2. The van der Waals surface area contributed by atoms with Crippen LogP contribution in [0.2, 0.25) is 0 Å². The number of halogens is 2. The van der Waals surface area contributed by atoms with Crippen molar-refractivity contribution < 1.29 is 13.6 Å². The van der Waals surface area contributed by atoms with Gasteiger partial charge in [-0.1, -0.05) is 18.2 Å². The predicted molar refractivity (Wildman–Crippen MR) is 88.7 cm³/mol. The molecule has 7 heteroatoms. The van der Waals surface area contributed by atoms with Crippen LogP contribution in [0.4, 0.5) is 8.78 Å². The van der Waals surface area contributed by atoms with Gasteiger partial charge in [-0.05, 0) is 36.6 Å². The SMILES string of the molecule is NC(=O)c1ccccc1CCCc1nc(-c2ccc(F)cc2F)n[nH]1. The van der Waals surface area contributed by atoms with E-state index in [1.165, 1.54) is 6.07 Å². The van der Waals surface area contributed by atoms with E-state index >= 15 is 0 Å². The average Bonchev–Trinajstić information content (AvgIpc) is 3.03. The van der Waals surface area contributed by atoms with Crippen LogP contribution in [0.1, 0.15) is 28.2 Å². The topological polar surface area (TPSA) is 84.7 Å². The second kappa shape index (κ2) is 7.21. The standard InChI is InChI=1S/C18H16F2N4O/c19-12-8-9-14(15(20)10-12)18-22-16(23-24-18)7-3-5-11-4-1-2-6-13(11)17(21)25/h1-2,4,6,8-10H,3,5,7H2,(H2,21,25)(H,22,23,24). The summed E-state index contributed by atoms with van der Waals surface area (Å²) in [6.45, 7) is 0. The molecule has 0 saturated carbocycles. The van der Waals surface area contributed by atoms with E-state index in [0.717, 1.165) is 17.7 Å². The molecule has 1 heterocycles. The van der Waals surface area contributed by atoms with Gasteiger partial charge in [0.05, 0.1) is 5.56 Å². The number of carbonyl (C=O) groups excluding carboxylic acids is 1. The van der Waals surface area contributed by atoms with Gasteiger partial charge < -0.3 is 5.73 Å². The number of H-pyrrole nitrogens is 1. The maximum Gasteiger partial charge on any atom is 0.248 e. The van der Waals surface area contributed by atoms with Gasteiger partial charge in [0, 0.05) is 18.1 Å². The molecule has 128 valence electrons. The van der Waals surface area contributed by atoms with Crippen LogP contribution in [0, 0.1) is 11.6 Å². The number of hydrogen-bond donors (Lipinski definition) is 2. The Morgan fingerprint density at radius 3 is 2.68 bits per heavy atom. The van der Waals surface area contributed by atoms with Crippen LogP contribution < -0.4 is 5.73 Å². The van der Waals surface area contributed by atoms with E-state index in [2.05, 4.69) is 15.2 Å². The number of primary amides is 1. The molecule has 1 amide bonds. The van der Waals surface area contributed by atoms with E-state index in [9.17, 15) is 13.6 Å². The fraction of sp³-hybridized carbons (Fsp3) is 0.167. The number of aryl methyl sites for hydroxylation is 2. The summed E-state index contributed by atoms with van der Waals surface area (Å²) in [5.41, 5.74) is 6.88. The minimum absolute atomic E-state index is 0.142. The third-order valence-corrected chi connectivity index (χ3v) is 3.85. The first-order valence-corrected chi connectivity index (χ1v) is 7.79. The van der Waals surface area contributed by atoms with Gasteiger partial charge in [0.1, 0.15) is 17.5 Å². The van der Waals surface area contributed by atoms with Crippen molar-refractivity contribution in [1.82, 2.24) is 15.2 Å². The normalized spacial score (nSPS) is 10.8. The predicted octanol–water partition coefficient (Wildman–Crippen LogP) is 3.02. The lowest BCUT2D eigenvalue weighted by Gasteiger charge is -2.05. The summed E-state index contributed by atoms with van der Waals surface area (Å²) in [6.07, 6.45) is 1.94. The molecular formula is C18H16F2N4O. The largest absolute Gasteiger partial charge is 0.366 e. The third kappa shape index (κ3) is 3.88. The number of nitrogens with two attached hydrogens (primary N) is 1. The molecule has 3 N–H and O–H groups in total. The molecule has 0 bridgehead atoms. The van der Waals surface area contributed by atoms with Crippen molar-refractivity contribution in [3.8, 4) is 11.4 Å². The summed E-state index contributed by atoms with van der Waals surface area (Å²) in [5, 5.41) is 6.73. The fourth-order valence-electron chi connectivity index (χ4n) is 2.62. The number of hydrogen-bond acceptors (Lipinski definition) is 3. The van der Waals surface area contributed by atoms with Crippen molar-refractivity contribution in [2.24, 2.45) is 5.73 Å². The Labute approximate surface area is 142 Å². The van der Waals surface area contributed by atoms with E-state index < -0.39 is 17.5 Å². The van der Waals surface area contributed by atoms with Crippen LogP contribution in [0.5, 0.6) is 0 Å². The van der Waals surface area contributed by atoms with Crippen molar-refractivity contribution in [3.05, 3.63) is 71.1 Å². The molecule has 2 aromatic carbocycles. The van der Waals surface area contributed by atoms with Gasteiger partial charge in [0.25, 0.3) is 0 Å². The molecule has 3 aromatic rings. The number of aromatic amines is 1. The van der Waals surface area contributed by atoms with Gasteiger partial charge in [0.15, 0.2) is 5.82 Å². The lowest BCUT2D eigenvalue weighted by molar-refractivity contribution is 0.0999. The van der Waals surface area contributed by atoms with Gasteiger partial charge in [-0.3, -0.25) is 9.89 Å². The summed E-state index contributed by atoms with van der Waals surface area (Å²) in [5.74, 6) is -1.03. The molecule has 0 atom stereocenters. The third-order valence-electron chi connectivity index (χ3n) is 3.85. The van der Waals surface area contributed by atoms with Crippen molar-refractivity contribution in [2.75, 3.05) is 0 Å². The molecule has 0 radical (unpaired) electrons. The molecule has 0 aliphatic heterocycles. The molecular weight excluding hydrogens is 326 g/mol. The van der Waals surface area contributed by atoms with Crippen molar-refractivity contribution in [2.45, 2.75) is 19.3 Å². The van der Waals surface area contributed by atoms with Crippen LogP contribution in [0.15, 0.2) is 42.5 Å². The highest BCUT2D eigenvalue weighted by atomic mass is 19.1. The lowest BCUT2D eigenvalue weighted by atomic mass is 10.0. The van der Waals surface area contributed by atoms with E-state index in [1.54, 1.807) is 12.1 Å². The minimum Gasteiger partial charge on any atom is -0.366 e. The van der Waals surface area contributed by atoms with Gasteiger partial charge in [0.2, 0.25) is 5.91 Å². The highest BCUT2D eigenvalue weighted by Gasteiger charge is 2.12. The zero-order valence-electron chi connectivity index (χ0n) is 13.3. The number of carbonyl (C=O) groups is 1. The van der Waals surface area contributed by atoms with E-state index in [1.807, 2.05) is 12.1 Å². The molecule has 0 aliphatic carbocycles. The van der Waals surface area contributed by atoms with Gasteiger partial charge >= 0.3 is 0 Å². The Morgan fingerprint density at radius 2 is 1.92 bits per heavy atom. The Hall–Kier alpha value is -3.09. The Morgan fingerprint density at radius 1 is 1.12 bits per heavy atom. The number of amides is 1. The lowest BCUT2D eigenvalue weighted by Crippen LogP contribution is -2.13. The smallest absolute Gasteiger partial charge is 0.248 e. The zero-order chi connectivity index (χ0) is 17.8. The maximum atomic E-state index is 13.8. The van der Waals surface area contributed by atoms with Crippen LogP contribution in [0.3, 0.4) is 0 Å². The first-order valence-electron chi connectivity index (χ1n) is 7.79. The van der Waals surface area contributed by atoms with Gasteiger partial charge in [-0.2, -0.15) is 5.10 Å². The Kier molecular flexibility index (Phi) is 4.83. The van der Waals surface area contributed by atoms with Gasteiger partial charge in [-0.15, -0.1) is 0 Å². The summed E-state index contributed by atoms with van der Waals surface area (Å²) in [7, 11) is 0. The van der Waals surface area contributed by atoms with Gasteiger partial charge in [-0.25, -0.2) is 13.8 Å². The molecule has 0 spiro atoms. The van der Waals surface area contributed by atoms with E-state index in [-0.39, 0.29) is 11.4 Å². The second-order valence-electron chi connectivity index (χ2n) is 5.60. The minimum atomic E-state index is -0.707. The highest BCUT2D eigenvalue weighted by molar-refractivity contribution is 5.94. The zero-order valence-corrected chi connectivity index (χ0v) is 13.3. The molecule has 25 heavy (non-hydrogen) atoms. The number of benzene rings is 2. The molecule has 0 saturated heterocycles. The molecule has 1 aromatic heterocycles. The van der Waals surface area contributed by atoms with Crippen LogP contribution in [-0.4, -0.2) is 21.1 Å². The maximum absolute atomic E-state index is 13.8. The van der Waals surface area contributed by atoms with Crippen LogP contribution in [0.25, 0.3) is 11.4 Å². The monoisotopic (exact) mass is 342 g/mol. The van der Waals surface area contributed by atoms with Crippen molar-refractivity contribution in [3.63, 3.8) is 0 Å². The molecule has 5 nitrogen and oxygen atoms in total. The van der Waals surface area contributed by atoms with E-state index in [0.29, 0.717) is 30.7 Å². The Bertz CT molecular complexity index is 908. The Balaban J connectivity index is 1.66. The van der Waals surface area contributed by atoms with Crippen molar-refractivity contribution >= 4 is 5.91 Å². The van der Waals surface area contributed by atoms with Crippen LogP contribution >= 0.6 is 0 Å². The molecule has 3 rings (SSSR count). The highest BCUT2D eigenvalue weighted by Crippen LogP contribution is 2.20. The first-order chi connectivity index (χ1) is 12.0. The summed E-state index contributed by atoms with van der Waals surface area (Å²) < 4.78 is 26.7. The fourth-order valence-corrected chi connectivity index (χ4v) is 2.62. The number of nitrogens with one attached hydrogen (secondary N) is 1.